The average Bonchev–Trinajstić information content (AvgIpc) is 3.15. The topological polar surface area (TPSA) is 36.9 Å². The summed E-state index contributed by atoms with van der Waals surface area (Å²) in [6.07, 6.45) is 2.22. The summed E-state index contributed by atoms with van der Waals surface area (Å²) in [7, 11) is 0. The lowest BCUT2D eigenvalue weighted by atomic mass is 10.0. The van der Waals surface area contributed by atoms with Gasteiger partial charge in [0, 0.05) is 29.2 Å². The van der Waals surface area contributed by atoms with Crippen molar-refractivity contribution in [3.63, 3.8) is 0 Å². The number of carbonyl (C=O) groups excluding carboxylic acids is 1. The van der Waals surface area contributed by atoms with Gasteiger partial charge in [-0.05, 0) is 31.9 Å². The van der Waals surface area contributed by atoms with Crippen LogP contribution in [0.2, 0.25) is 5.02 Å². The molecule has 0 aromatic heterocycles. The van der Waals surface area contributed by atoms with Gasteiger partial charge in [-0.15, -0.1) is 0 Å². The van der Waals surface area contributed by atoms with Crippen LogP contribution >= 0.6 is 11.6 Å². The van der Waals surface area contributed by atoms with Gasteiger partial charge in [0.2, 0.25) is 0 Å². The molecule has 2 N–H and O–H groups in total. The van der Waals surface area contributed by atoms with Crippen molar-refractivity contribution in [3.05, 3.63) is 70.7 Å². The maximum atomic E-state index is 13.0. The van der Waals surface area contributed by atoms with E-state index in [4.69, 9.17) is 11.6 Å². The molecule has 3 nitrogen and oxygen atoms in total. The second kappa shape index (κ2) is 7.82. The molecule has 0 bridgehead atoms. The molecule has 126 valence electrons. The molecule has 1 amide bonds. The quantitative estimate of drug-likeness (QED) is 0.888. The zero-order valence-electron chi connectivity index (χ0n) is 14.0. The van der Waals surface area contributed by atoms with Gasteiger partial charge in [0.15, 0.2) is 6.04 Å². The van der Waals surface area contributed by atoms with Crippen molar-refractivity contribution in [2.75, 3.05) is 13.1 Å². The number of quaternary nitrogens is 1. The first-order valence-electron chi connectivity index (χ1n) is 8.59. The van der Waals surface area contributed by atoms with E-state index in [0.29, 0.717) is 0 Å². The molecule has 1 heterocycles. The molecule has 0 saturated carbocycles. The van der Waals surface area contributed by atoms with E-state index in [1.54, 1.807) is 0 Å². The highest BCUT2D eigenvalue weighted by molar-refractivity contribution is 6.30. The number of likely N-dealkylation sites (tertiary alicyclic amines) is 1. The van der Waals surface area contributed by atoms with Crippen LogP contribution in [0.25, 0.3) is 0 Å². The minimum Gasteiger partial charge on any atom is -0.337 e. The van der Waals surface area contributed by atoms with Crippen LogP contribution in [0.5, 0.6) is 0 Å². The lowest BCUT2D eigenvalue weighted by Gasteiger charge is -2.24. The van der Waals surface area contributed by atoms with E-state index in [2.05, 4.69) is 12.2 Å². The van der Waals surface area contributed by atoms with E-state index in [1.165, 1.54) is 5.56 Å². The molecule has 4 heteroatoms. The molecule has 2 atom stereocenters. The number of hydrogen-bond acceptors (Lipinski definition) is 1. The van der Waals surface area contributed by atoms with E-state index in [0.717, 1.165) is 36.5 Å². The largest absolute Gasteiger partial charge is 0.337 e. The van der Waals surface area contributed by atoms with Gasteiger partial charge in [0.05, 0.1) is 0 Å². The summed E-state index contributed by atoms with van der Waals surface area (Å²) in [6.45, 7) is 3.90. The Labute approximate surface area is 148 Å². The number of nitrogens with two attached hydrogens (primary N) is 1. The Hall–Kier alpha value is -1.84. The van der Waals surface area contributed by atoms with Crippen LogP contribution in [0.3, 0.4) is 0 Å². The molecule has 0 radical (unpaired) electrons. The third-order valence-electron chi connectivity index (χ3n) is 4.72. The minimum atomic E-state index is -0.199. The lowest BCUT2D eigenvalue weighted by Crippen LogP contribution is -2.88. The maximum Gasteiger partial charge on any atom is 0.285 e. The summed E-state index contributed by atoms with van der Waals surface area (Å²) in [5, 5.41) is 2.90. The van der Waals surface area contributed by atoms with Crippen LogP contribution in [0.4, 0.5) is 0 Å². The molecule has 1 aliphatic rings. The van der Waals surface area contributed by atoms with Gasteiger partial charge in [0.25, 0.3) is 5.91 Å². The Balaban J connectivity index is 1.81. The van der Waals surface area contributed by atoms with E-state index in [9.17, 15) is 4.79 Å². The van der Waals surface area contributed by atoms with E-state index in [1.807, 2.05) is 59.5 Å². The third-order valence-corrected chi connectivity index (χ3v) is 4.97. The molecule has 1 aliphatic heterocycles. The van der Waals surface area contributed by atoms with Crippen LogP contribution in [0.1, 0.15) is 43.0 Å². The number of amides is 1. The molecule has 0 unspecified atom stereocenters. The Morgan fingerprint density at radius 1 is 1.00 bits per heavy atom. The normalized spacial score (nSPS) is 16.8. The number of hydrogen-bond donors (Lipinski definition) is 1. The Morgan fingerprint density at radius 3 is 2.25 bits per heavy atom. The van der Waals surface area contributed by atoms with Gasteiger partial charge < -0.3 is 10.2 Å². The highest BCUT2D eigenvalue weighted by Crippen LogP contribution is 2.19. The molecule has 0 spiro atoms. The van der Waals surface area contributed by atoms with Crippen LogP contribution in [-0.2, 0) is 4.79 Å². The molecule has 1 saturated heterocycles. The SMILES string of the molecule is C[C@H]([NH2+][C@@H](C(=O)N1CCCC1)c1ccccc1)c1ccc(Cl)cc1. The zero-order chi connectivity index (χ0) is 16.9. The van der Waals surface area contributed by atoms with E-state index < -0.39 is 0 Å². The second-order valence-corrected chi connectivity index (χ2v) is 6.89. The average molecular weight is 344 g/mol. The summed E-state index contributed by atoms with van der Waals surface area (Å²) in [5.41, 5.74) is 2.24. The number of rotatable bonds is 5. The van der Waals surface area contributed by atoms with Crippen molar-refractivity contribution in [3.8, 4) is 0 Å². The molecular weight excluding hydrogens is 320 g/mol. The summed E-state index contributed by atoms with van der Waals surface area (Å²) in [4.78, 5) is 15.0. The summed E-state index contributed by atoms with van der Waals surface area (Å²) >= 11 is 5.98. The van der Waals surface area contributed by atoms with E-state index in [-0.39, 0.29) is 18.0 Å². The van der Waals surface area contributed by atoms with Crippen molar-refractivity contribution in [1.82, 2.24) is 4.90 Å². The fourth-order valence-corrected chi connectivity index (χ4v) is 3.42. The second-order valence-electron chi connectivity index (χ2n) is 6.45. The van der Waals surface area contributed by atoms with Crippen LogP contribution in [0.15, 0.2) is 54.6 Å². The fourth-order valence-electron chi connectivity index (χ4n) is 3.30. The van der Waals surface area contributed by atoms with Crippen molar-refractivity contribution >= 4 is 17.5 Å². The molecular formula is C20H24ClN2O+. The molecule has 1 fully saturated rings. The predicted octanol–water partition coefficient (Wildman–Crippen LogP) is 3.33. The van der Waals surface area contributed by atoms with Gasteiger partial charge in [-0.25, -0.2) is 0 Å². The standard InChI is InChI=1S/C20H23ClN2O/c1-15(16-9-11-18(21)12-10-16)22-19(17-7-3-2-4-8-17)20(24)23-13-5-6-14-23/h2-4,7-12,15,19,22H,5-6,13-14H2,1H3/p+1/t15-,19+/m0/s1. The van der Waals surface area contributed by atoms with Gasteiger partial charge in [0.1, 0.15) is 6.04 Å². The number of carbonyl (C=O) groups is 1. The Kier molecular flexibility index (Phi) is 5.54. The summed E-state index contributed by atoms with van der Waals surface area (Å²) < 4.78 is 0. The first kappa shape index (κ1) is 17.0. The zero-order valence-corrected chi connectivity index (χ0v) is 14.7. The van der Waals surface area contributed by atoms with Crippen LogP contribution < -0.4 is 5.32 Å². The number of nitrogens with zero attached hydrogens (tertiary/aromatic N) is 1. The molecule has 0 aliphatic carbocycles. The minimum absolute atomic E-state index is 0.180. The first-order valence-corrected chi connectivity index (χ1v) is 8.97. The molecule has 2 aromatic rings. The van der Waals surface area contributed by atoms with Gasteiger partial charge in [-0.2, -0.15) is 0 Å². The van der Waals surface area contributed by atoms with Gasteiger partial charge in [-0.3, -0.25) is 4.79 Å². The molecule has 2 aromatic carbocycles. The highest BCUT2D eigenvalue weighted by atomic mass is 35.5. The highest BCUT2D eigenvalue weighted by Gasteiger charge is 2.32. The lowest BCUT2D eigenvalue weighted by molar-refractivity contribution is -0.719. The van der Waals surface area contributed by atoms with Crippen molar-refractivity contribution in [2.24, 2.45) is 0 Å². The van der Waals surface area contributed by atoms with Crippen LogP contribution in [-0.4, -0.2) is 23.9 Å². The monoisotopic (exact) mass is 343 g/mol. The Bertz CT molecular complexity index is 666. The summed E-state index contributed by atoms with van der Waals surface area (Å²) in [5.74, 6) is 0.222. The smallest absolute Gasteiger partial charge is 0.285 e. The van der Waals surface area contributed by atoms with Crippen molar-refractivity contribution in [2.45, 2.75) is 31.8 Å². The Morgan fingerprint density at radius 2 is 1.62 bits per heavy atom. The summed E-state index contributed by atoms with van der Waals surface area (Å²) in [6, 6.07) is 17.9. The van der Waals surface area contributed by atoms with Crippen molar-refractivity contribution < 1.29 is 10.1 Å². The first-order chi connectivity index (χ1) is 11.6. The molecule has 24 heavy (non-hydrogen) atoms. The van der Waals surface area contributed by atoms with Crippen LogP contribution in [0, 0.1) is 0 Å². The fraction of sp³-hybridized carbons (Fsp3) is 0.350. The molecule has 3 rings (SSSR count). The number of halogens is 1. The van der Waals surface area contributed by atoms with Gasteiger partial charge >= 0.3 is 0 Å². The van der Waals surface area contributed by atoms with Crippen molar-refractivity contribution in [1.29, 1.82) is 0 Å². The third kappa shape index (κ3) is 3.97. The van der Waals surface area contributed by atoms with Gasteiger partial charge in [-0.1, -0.05) is 54.1 Å². The van der Waals surface area contributed by atoms with E-state index >= 15 is 0 Å². The maximum absolute atomic E-state index is 13.0. The predicted molar refractivity (Wildman–Crippen MR) is 96.8 cm³/mol. The number of benzene rings is 2.